The Morgan fingerprint density at radius 3 is 2.64 bits per heavy atom. The minimum Gasteiger partial charge on any atom is -0.491 e. The number of nitrogens with zero attached hydrogens (tertiary/aromatic N) is 2. The van der Waals surface area contributed by atoms with E-state index in [0.717, 1.165) is 33.0 Å². The lowest BCUT2D eigenvalue weighted by Crippen LogP contribution is -2.30. The van der Waals surface area contributed by atoms with E-state index in [2.05, 4.69) is 18.0 Å². The number of rotatable bonds is 6. The van der Waals surface area contributed by atoms with Crippen LogP contribution >= 0.6 is 11.3 Å². The summed E-state index contributed by atoms with van der Waals surface area (Å²) >= 11 is 1.54. The van der Waals surface area contributed by atoms with Crippen LogP contribution in [0.4, 0.5) is 0 Å². The molecule has 2 heterocycles. The summed E-state index contributed by atoms with van der Waals surface area (Å²) in [6.45, 7) is 6.34. The fourth-order valence-corrected chi connectivity index (χ4v) is 3.73. The maximum absolute atomic E-state index is 12.5. The Morgan fingerprint density at radius 1 is 1.24 bits per heavy atom. The van der Waals surface area contributed by atoms with Gasteiger partial charge in [-0.3, -0.25) is 9.36 Å². The predicted octanol–water partition coefficient (Wildman–Crippen LogP) is 3.08. The van der Waals surface area contributed by atoms with Crippen molar-refractivity contribution in [3.05, 3.63) is 57.0 Å². The van der Waals surface area contributed by atoms with Crippen LogP contribution in [0.15, 0.2) is 35.4 Å². The van der Waals surface area contributed by atoms with Crippen LogP contribution in [0.25, 0.3) is 10.2 Å². The average molecular weight is 358 g/mol. The lowest BCUT2D eigenvalue weighted by atomic mass is 10.1. The fraction of sp³-hybridized carbons (Fsp3) is 0.368. The second-order valence-electron chi connectivity index (χ2n) is 6.28. The number of hydrogen-bond acceptors (Lipinski definition) is 5. The van der Waals surface area contributed by atoms with Gasteiger partial charge in [0, 0.05) is 4.88 Å². The van der Waals surface area contributed by atoms with E-state index >= 15 is 0 Å². The largest absolute Gasteiger partial charge is 0.491 e. The molecule has 0 bridgehead atoms. The standard InChI is InChI=1S/C19H22N2O3S/c1-4-16-8-17-18(25-16)20-11-21(19(17)23)9-14(22)10-24-15-6-12(2)5-13(3)7-15/h5-8,11,14,22H,4,9-10H2,1-3H3. The normalized spacial score (nSPS) is 12.5. The second kappa shape index (κ2) is 7.37. The van der Waals surface area contributed by atoms with Crippen molar-refractivity contribution in [1.29, 1.82) is 0 Å². The van der Waals surface area contributed by atoms with Crippen molar-refractivity contribution in [3.8, 4) is 5.75 Å². The van der Waals surface area contributed by atoms with Gasteiger partial charge >= 0.3 is 0 Å². The van der Waals surface area contributed by atoms with E-state index in [1.807, 2.05) is 32.0 Å². The summed E-state index contributed by atoms with van der Waals surface area (Å²) in [4.78, 5) is 18.8. The van der Waals surface area contributed by atoms with Gasteiger partial charge in [0.05, 0.1) is 18.3 Å². The summed E-state index contributed by atoms with van der Waals surface area (Å²) in [6, 6.07) is 7.81. The smallest absolute Gasteiger partial charge is 0.262 e. The Morgan fingerprint density at radius 2 is 1.96 bits per heavy atom. The number of aliphatic hydroxyl groups is 1. The summed E-state index contributed by atoms with van der Waals surface area (Å²) in [6.07, 6.45) is 1.59. The Bertz CT molecular complexity index is 925. The average Bonchev–Trinajstić information content (AvgIpc) is 2.99. The van der Waals surface area contributed by atoms with Gasteiger partial charge in [0.2, 0.25) is 0 Å². The second-order valence-corrected chi connectivity index (χ2v) is 7.39. The van der Waals surface area contributed by atoms with Gasteiger partial charge in [-0.2, -0.15) is 0 Å². The Kier molecular flexibility index (Phi) is 5.20. The van der Waals surface area contributed by atoms with Crippen LogP contribution in [-0.2, 0) is 13.0 Å². The number of hydrogen-bond donors (Lipinski definition) is 1. The summed E-state index contributed by atoms with van der Waals surface area (Å²) < 4.78 is 7.12. The molecule has 1 unspecified atom stereocenters. The molecule has 2 aromatic heterocycles. The maximum Gasteiger partial charge on any atom is 0.262 e. The van der Waals surface area contributed by atoms with Crippen LogP contribution in [0.1, 0.15) is 22.9 Å². The molecule has 0 amide bonds. The molecule has 0 saturated carbocycles. The van der Waals surface area contributed by atoms with Gasteiger partial charge in [-0.25, -0.2) is 4.98 Å². The third kappa shape index (κ3) is 4.08. The molecule has 132 valence electrons. The molecule has 6 heteroatoms. The molecule has 0 aliphatic heterocycles. The molecule has 5 nitrogen and oxygen atoms in total. The fourth-order valence-electron chi connectivity index (χ4n) is 2.80. The first-order valence-corrected chi connectivity index (χ1v) is 9.15. The Labute approximate surface area is 150 Å². The highest BCUT2D eigenvalue weighted by Gasteiger charge is 2.12. The van der Waals surface area contributed by atoms with E-state index in [-0.39, 0.29) is 18.7 Å². The number of aryl methyl sites for hydroxylation is 3. The first kappa shape index (κ1) is 17.6. The first-order valence-electron chi connectivity index (χ1n) is 8.33. The molecule has 0 radical (unpaired) electrons. The first-order chi connectivity index (χ1) is 12.0. The van der Waals surface area contributed by atoms with Crippen molar-refractivity contribution in [3.63, 3.8) is 0 Å². The van der Waals surface area contributed by atoms with Crippen molar-refractivity contribution in [2.75, 3.05) is 6.61 Å². The highest BCUT2D eigenvalue weighted by Crippen LogP contribution is 2.21. The van der Waals surface area contributed by atoms with E-state index in [4.69, 9.17) is 4.74 Å². The highest BCUT2D eigenvalue weighted by atomic mass is 32.1. The van der Waals surface area contributed by atoms with Gasteiger partial charge in [-0.05, 0) is 49.6 Å². The van der Waals surface area contributed by atoms with Gasteiger partial charge in [0.25, 0.3) is 5.56 Å². The summed E-state index contributed by atoms with van der Waals surface area (Å²) in [7, 11) is 0. The molecule has 3 aromatic rings. The van der Waals surface area contributed by atoms with Crippen LogP contribution in [0, 0.1) is 13.8 Å². The SMILES string of the molecule is CCc1cc2c(=O)n(CC(O)COc3cc(C)cc(C)c3)cnc2s1. The molecule has 0 aliphatic carbocycles. The molecule has 0 spiro atoms. The van der Waals surface area contributed by atoms with E-state index in [9.17, 15) is 9.90 Å². The molecular weight excluding hydrogens is 336 g/mol. The maximum atomic E-state index is 12.5. The minimum atomic E-state index is -0.790. The topological polar surface area (TPSA) is 64.4 Å². The lowest BCUT2D eigenvalue weighted by Gasteiger charge is -2.14. The van der Waals surface area contributed by atoms with E-state index < -0.39 is 6.10 Å². The van der Waals surface area contributed by atoms with Crippen LogP contribution in [0.3, 0.4) is 0 Å². The molecule has 1 N–H and O–H groups in total. The summed E-state index contributed by atoms with van der Waals surface area (Å²) in [5.74, 6) is 0.725. The predicted molar refractivity (Wildman–Crippen MR) is 101 cm³/mol. The zero-order chi connectivity index (χ0) is 18.0. The molecule has 0 fully saturated rings. The molecule has 3 rings (SSSR count). The van der Waals surface area contributed by atoms with Crippen molar-refractivity contribution >= 4 is 21.6 Å². The molecule has 0 aliphatic rings. The van der Waals surface area contributed by atoms with Crippen molar-refractivity contribution in [1.82, 2.24) is 9.55 Å². The van der Waals surface area contributed by atoms with Gasteiger partial charge in [-0.1, -0.05) is 13.0 Å². The van der Waals surface area contributed by atoms with E-state index in [1.54, 1.807) is 0 Å². The molecule has 25 heavy (non-hydrogen) atoms. The number of aromatic nitrogens is 2. The van der Waals surface area contributed by atoms with Crippen LogP contribution in [-0.4, -0.2) is 27.4 Å². The van der Waals surface area contributed by atoms with Gasteiger partial charge < -0.3 is 9.84 Å². The molecule has 1 atom stereocenters. The third-order valence-corrected chi connectivity index (χ3v) is 5.15. The van der Waals surface area contributed by atoms with Gasteiger partial charge in [0.1, 0.15) is 23.3 Å². The van der Waals surface area contributed by atoms with Crippen molar-refractivity contribution < 1.29 is 9.84 Å². The zero-order valence-electron chi connectivity index (χ0n) is 14.7. The summed E-state index contributed by atoms with van der Waals surface area (Å²) in [5.41, 5.74) is 2.10. The van der Waals surface area contributed by atoms with Crippen LogP contribution in [0.5, 0.6) is 5.75 Å². The highest BCUT2D eigenvalue weighted by molar-refractivity contribution is 7.18. The molecular formula is C19H22N2O3S. The van der Waals surface area contributed by atoms with Gasteiger partial charge in [-0.15, -0.1) is 11.3 Å². The summed E-state index contributed by atoms with van der Waals surface area (Å²) in [5, 5.41) is 10.9. The number of ether oxygens (including phenoxy) is 1. The van der Waals surface area contributed by atoms with Gasteiger partial charge in [0.15, 0.2) is 0 Å². The van der Waals surface area contributed by atoms with E-state index in [1.165, 1.54) is 22.2 Å². The third-order valence-electron chi connectivity index (χ3n) is 3.96. The number of aliphatic hydroxyl groups excluding tert-OH is 1. The molecule has 1 aromatic carbocycles. The Balaban J connectivity index is 1.70. The Hall–Kier alpha value is -2.18. The number of fused-ring (bicyclic) bond motifs is 1. The van der Waals surface area contributed by atoms with Crippen molar-refractivity contribution in [2.24, 2.45) is 0 Å². The zero-order valence-corrected chi connectivity index (χ0v) is 15.5. The van der Waals surface area contributed by atoms with E-state index in [0.29, 0.717) is 5.39 Å². The monoisotopic (exact) mass is 358 g/mol. The quantitative estimate of drug-likeness (QED) is 0.735. The van der Waals surface area contributed by atoms with Crippen molar-refractivity contribution in [2.45, 2.75) is 39.8 Å². The molecule has 0 saturated heterocycles. The lowest BCUT2D eigenvalue weighted by molar-refractivity contribution is 0.0914. The van der Waals surface area contributed by atoms with Crippen LogP contribution in [0.2, 0.25) is 0 Å². The number of thiophene rings is 1. The number of benzene rings is 1. The van der Waals surface area contributed by atoms with Crippen LogP contribution < -0.4 is 10.3 Å². The minimum absolute atomic E-state index is 0.119.